The average Bonchev–Trinajstić information content (AvgIpc) is 1.81. The number of alkyl halides is 4. The van der Waals surface area contributed by atoms with E-state index in [0.29, 0.717) is 6.42 Å². The molecule has 1 unspecified atom stereocenters. The molecule has 4 heteroatoms. The van der Waals surface area contributed by atoms with E-state index >= 15 is 0 Å². The van der Waals surface area contributed by atoms with Crippen molar-refractivity contribution in [2.75, 3.05) is 0 Å². The molecule has 0 aromatic carbocycles. The van der Waals surface area contributed by atoms with Crippen LogP contribution < -0.4 is 0 Å². The fourth-order valence-electron chi connectivity index (χ4n) is 0.465. The zero-order valence-electron chi connectivity index (χ0n) is 5.42. The smallest absolute Gasteiger partial charge is 0.171 e. The van der Waals surface area contributed by atoms with Crippen molar-refractivity contribution in [2.24, 2.45) is 0 Å². The third kappa shape index (κ3) is 6.20. The molecule has 1 radical (unpaired) electrons. The molecule has 0 saturated heterocycles. The lowest BCUT2D eigenvalue weighted by molar-refractivity contribution is -0.135. The average molecular weight is 174 g/mol. The third-order valence-corrected chi connectivity index (χ3v) is 1.49. The molecule has 0 rings (SSSR count). The van der Waals surface area contributed by atoms with E-state index in [9.17, 15) is 13.2 Å². The maximum atomic E-state index is 11.5. The van der Waals surface area contributed by atoms with Crippen molar-refractivity contribution in [2.45, 2.75) is 30.8 Å². The first-order valence-electron chi connectivity index (χ1n) is 2.96. The SMILES string of the molecule is [CH2]CC(Cl)CCC(F)(F)F. The van der Waals surface area contributed by atoms with Crippen LogP contribution in [-0.2, 0) is 0 Å². The van der Waals surface area contributed by atoms with Gasteiger partial charge in [-0.2, -0.15) is 13.2 Å². The van der Waals surface area contributed by atoms with Crippen LogP contribution >= 0.6 is 11.6 Å². The molecule has 0 heterocycles. The number of halogens is 4. The Balaban J connectivity index is 3.36. The summed E-state index contributed by atoms with van der Waals surface area (Å²) in [7, 11) is 0. The van der Waals surface area contributed by atoms with Crippen LogP contribution in [0, 0.1) is 6.92 Å². The lowest BCUT2D eigenvalue weighted by Gasteiger charge is -2.08. The van der Waals surface area contributed by atoms with E-state index in [2.05, 4.69) is 6.92 Å². The van der Waals surface area contributed by atoms with Crippen molar-refractivity contribution in [3.63, 3.8) is 0 Å². The molecule has 0 fully saturated rings. The molecule has 0 aromatic heterocycles. The predicted octanol–water partition coefficient (Wildman–Crippen LogP) is 3.16. The number of hydrogen-bond donors (Lipinski definition) is 0. The first-order chi connectivity index (χ1) is 4.45. The number of hydrogen-bond acceptors (Lipinski definition) is 0. The van der Waals surface area contributed by atoms with E-state index in [4.69, 9.17) is 11.6 Å². The highest BCUT2D eigenvalue weighted by molar-refractivity contribution is 6.20. The van der Waals surface area contributed by atoms with Gasteiger partial charge in [-0.25, -0.2) is 0 Å². The van der Waals surface area contributed by atoms with Gasteiger partial charge in [0.05, 0.1) is 0 Å². The summed E-state index contributed by atoms with van der Waals surface area (Å²) in [5, 5.41) is -0.443. The Kier molecular flexibility index (Phi) is 4.09. The molecule has 61 valence electrons. The van der Waals surface area contributed by atoms with E-state index in [1.54, 1.807) is 0 Å². The second-order valence-corrected chi connectivity index (χ2v) is 2.66. The van der Waals surface area contributed by atoms with Gasteiger partial charge in [0, 0.05) is 11.8 Å². The summed E-state index contributed by atoms with van der Waals surface area (Å²) in [6, 6.07) is 0. The highest BCUT2D eigenvalue weighted by Gasteiger charge is 2.27. The van der Waals surface area contributed by atoms with Crippen molar-refractivity contribution < 1.29 is 13.2 Å². The minimum absolute atomic E-state index is 0.0332. The van der Waals surface area contributed by atoms with Gasteiger partial charge < -0.3 is 0 Å². The first kappa shape index (κ1) is 10.1. The molecular weight excluding hydrogens is 165 g/mol. The fraction of sp³-hybridized carbons (Fsp3) is 0.833. The van der Waals surface area contributed by atoms with Gasteiger partial charge in [-0.15, -0.1) is 11.6 Å². The Morgan fingerprint density at radius 3 is 2.20 bits per heavy atom. The van der Waals surface area contributed by atoms with Gasteiger partial charge in [-0.05, 0) is 12.8 Å². The normalized spacial score (nSPS) is 15.3. The van der Waals surface area contributed by atoms with E-state index < -0.39 is 18.0 Å². The monoisotopic (exact) mass is 173 g/mol. The molecule has 1 atom stereocenters. The lowest BCUT2D eigenvalue weighted by atomic mass is 10.2. The van der Waals surface area contributed by atoms with Crippen LogP contribution in [0.2, 0.25) is 0 Å². The van der Waals surface area contributed by atoms with E-state index in [1.165, 1.54) is 0 Å². The quantitative estimate of drug-likeness (QED) is 0.575. The van der Waals surface area contributed by atoms with Crippen molar-refractivity contribution in [3.05, 3.63) is 6.92 Å². The topological polar surface area (TPSA) is 0 Å². The molecular formula is C6H9ClF3. The minimum Gasteiger partial charge on any atom is -0.171 e. The molecule has 0 aliphatic carbocycles. The van der Waals surface area contributed by atoms with Crippen LogP contribution in [0.4, 0.5) is 13.2 Å². The van der Waals surface area contributed by atoms with Crippen LogP contribution in [0.1, 0.15) is 19.3 Å². The maximum Gasteiger partial charge on any atom is 0.389 e. The molecule has 10 heavy (non-hydrogen) atoms. The Morgan fingerprint density at radius 2 is 1.90 bits per heavy atom. The summed E-state index contributed by atoms with van der Waals surface area (Å²) in [5.41, 5.74) is 0. The van der Waals surface area contributed by atoms with Crippen LogP contribution in [-0.4, -0.2) is 11.6 Å². The summed E-state index contributed by atoms with van der Waals surface area (Å²) in [5.74, 6) is 0. The van der Waals surface area contributed by atoms with Gasteiger partial charge in [-0.1, -0.05) is 6.92 Å². The Hall–Kier alpha value is 0.0800. The van der Waals surface area contributed by atoms with Gasteiger partial charge in [0.1, 0.15) is 0 Å². The molecule has 0 aliphatic rings. The molecule has 0 aromatic rings. The van der Waals surface area contributed by atoms with Gasteiger partial charge in [0.25, 0.3) is 0 Å². The van der Waals surface area contributed by atoms with E-state index in [1.807, 2.05) is 0 Å². The first-order valence-corrected chi connectivity index (χ1v) is 3.39. The minimum atomic E-state index is -4.08. The second-order valence-electron chi connectivity index (χ2n) is 2.04. The summed E-state index contributed by atoms with van der Waals surface area (Å²) in [6.45, 7) is 3.39. The van der Waals surface area contributed by atoms with Crippen LogP contribution in [0.15, 0.2) is 0 Å². The second kappa shape index (κ2) is 4.06. The van der Waals surface area contributed by atoms with Gasteiger partial charge >= 0.3 is 6.18 Å². The van der Waals surface area contributed by atoms with Crippen molar-refractivity contribution in [1.29, 1.82) is 0 Å². The van der Waals surface area contributed by atoms with Gasteiger partial charge in [0.2, 0.25) is 0 Å². The summed E-state index contributed by atoms with van der Waals surface area (Å²) >= 11 is 5.41. The Labute approximate surface area is 63.4 Å². The highest BCUT2D eigenvalue weighted by atomic mass is 35.5. The van der Waals surface area contributed by atoms with E-state index in [-0.39, 0.29) is 6.42 Å². The third-order valence-electron chi connectivity index (χ3n) is 1.05. The molecule has 0 aliphatic heterocycles. The molecule has 0 saturated carbocycles. The summed E-state index contributed by atoms with van der Waals surface area (Å²) in [4.78, 5) is 0. The zero-order chi connectivity index (χ0) is 8.20. The largest absolute Gasteiger partial charge is 0.389 e. The summed E-state index contributed by atoms with van der Waals surface area (Å²) in [6.07, 6.45) is -4.58. The van der Waals surface area contributed by atoms with Gasteiger partial charge in [0.15, 0.2) is 0 Å². The Bertz CT molecular complexity index is 89.5. The fourth-order valence-corrected chi connectivity index (χ4v) is 0.574. The van der Waals surface area contributed by atoms with Crippen LogP contribution in [0.25, 0.3) is 0 Å². The maximum absolute atomic E-state index is 11.5. The van der Waals surface area contributed by atoms with Crippen LogP contribution in [0.5, 0.6) is 0 Å². The van der Waals surface area contributed by atoms with Crippen molar-refractivity contribution >= 4 is 11.6 Å². The van der Waals surface area contributed by atoms with Crippen molar-refractivity contribution in [1.82, 2.24) is 0 Å². The predicted molar refractivity (Wildman–Crippen MR) is 34.9 cm³/mol. The van der Waals surface area contributed by atoms with Crippen LogP contribution in [0.3, 0.4) is 0 Å². The standard InChI is InChI=1S/C6H9ClF3/c1-2-5(7)3-4-6(8,9)10/h5H,1-4H2. The molecule has 0 amide bonds. The molecule has 0 bridgehead atoms. The summed E-state index contributed by atoms with van der Waals surface area (Å²) < 4.78 is 34.4. The highest BCUT2D eigenvalue weighted by Crippen LogP contribution is 2.24. The van der Waals surface area contributed by atoms with Crippen molar-refractivity contribution in [3.8, 4) is 0 Å². The zero-order valence-corrected chi connectivity index (χ0v) is 6.17. The van der Waals surface area contributed by atoms with Gasteiger partial charge in [-0.3, -0.25) is 0 Å². The molecule has 0 spiro atoms. The molecule has 0 N–H and O–H groups in total. The van der Waals surface area contributed by atoms with E-state index in [0.717, 1.165) is 0 Å². The lowest BCUT2D eigenvalue weighted by Crippen LogP contribution is -2.10. The molecule has 0 nitrogen and oxygen atoms in total. The Morgan fingerprint density at radius 1 is 1.40 bits per heavy atom. The number of rotatable bonds is 3.